The number of oxazole rings is 1. The van der Waals surface area contributed by atoms with E-state index in [2.05, 4.69) is 16.3 Å². The molecule has 0 amide bonds. The van der Waals surface area contributed by atoms with Crippen LogP contribution in [0.25, 0.3) is 11.1 Å². The quantitative estimate of drug-likeness (QED) is 0.150. The zero-order chi connectivity index (χ0) is 22.0. The lowest BCUT2D eigenvalue weighted by atomic mass is 10.2. The standard InChI is InChI=1S/C15H13F4NO8S/c1-8(7-26-6-5-14(16,17)15(18,19)29(23,24)25)12(21)27-10-4-2-3-9-11(10)28-13(22)20-9/h2-4H,1,5-7H2,(H,20,22)(H,23,24,25). The molecule has 0 saturated heterocycles. The minimum Gasteiger partial charge on any atom is -0.419 e. The first-order valence-electron chi connectivity index (χ1n) is 7.58. The maximum atomic E-state index is 13.3. The SMILES string of the molecule is C=C(COCCC(F)(F)C(F)(F)S(=O)(=O)O)C(=O)Oc1cccc2[nH]c(=O)oc12. The zero-order valence-corrected chi connectivity index (χ0v) is 15.1. The first kappa shape index (κ1) is 22.6. The molecule has 14 heteroatoms. The lowest BCUT2D eigenvalue weighted by molar-refractivity contribution is -0.170. The number of ether oxygens (including phenoxy) is 2. The van der Waals surface area contributed by atoms with Gasteiger partial charge in [-0.3, -0.25) is 9.54 Å². The molecule has 29 heavy (non-hydrogen) atoms. The van der Waals surface area contributed by atoms with E-state index < -0.39 is 58.2 Å². The molecule has 0 atom stereocenters. The predicted molar refractivity (Wildman–Crippen MR) is 88.5 cm³/mol. The van der Waals surface area contributed by atoms with Gasteiger partial charge in [0.25, 0.3) is 0 Å². The van der Waals surface area contributed by atoms with Crippen LogP contribution in [0.3, 0.4) is 0 Å². The summed E-state index contributed by atoms with van der Waals surface area (Å²) in [6.07, 6.45) is -1.77. The number of para-hydroxylation sites is 1. The molecule has 0 aliphatic carbocycles. The highest BCUT2D eigenvalue weighted by atomic mass is 32.2. The molecule has 0 radical (unpaired) electrons. The van der Waals surface area contributed by atoms with E-state index in [4.69, 9.17) is 13.7 Å². The second kappa shape index (κ2) is 7.96. The summed E-state index contributed by atoms with van der Waals surface area (Å²) in [5.41, 5.74) is -0.222. The third-order valence-electron chi connectivity index (χ3n) is 3.49. The second-order valence-corrected chi connectivity index (χ2v) is 7.10. The van der Waals surface area contributed by atoms with E-state index in [1.54, 1.807) is 0 Å². The van der Waals surface area contributed by atoms with Crippen LogP contribution in [0, 0.1) is 0 Å². The highest BCUT2D eigenvalue weighted by molar-refractivity contribution is 7.87. The number of hydrogen-bond acceptors (Lipinski definition) is 7. The Hall–Kier alpha value is -2.71. The average Bonchev–Trinajstić information content (AvgIpc) is 2.98. The van der Waals surface area contributed by atoms with Crippen molar-refractivity contribution in [2.75, 3.05) is 13.2 Å². The third kappa shape index (κ3) is 4.83. The lowest BCUT2D eigenvalue weighted by Gasteiger charge is -2.23. The van der Waals surface area contributed by atoms with Crippen molar-refractivity contribution in [3.8, 4) is 5.75 Å². The van der Waals surface area contributed by atoms with E-state index >= 15 is 0 Å². The van der Waals surface area contributed by atoms with Crippen molar-refractivity contribution < 1.29 is 49.2 Å². The van der Waals surface area contributed by atoms with Crippen LogP contribution in [0.5, 0.6) is 5.75 Å². The van der Waals surface area contributed by atoms with Crippen molar-refractivity contribution >= 4 is 27.2 Å². The van der Waals surface area contributed by atoms with Gasteiger partial charge < -0.3 is 13.9 Å². The number of fused-ring (bicyclic) bond motifs is 1. The molecule has 1 aromatic heterocycles. The number of carbonyl (C=O) groups is 1. The smallest absolute Gasteiger partial charge is 0.419 e. The maximum absolute atomic E-state index is 13.3. The van der Waals surface area contributed by atoms with Crippen LogP contribution in [-0.2, 0) is 19.6 Å². The van der Waals surface area contributed by atoms with E-state index in [-0.39, 0.29) is 16.8 Å². The van der Waals surface area contributed by atoms with Crippen molar-refractivity contribution in [1.82, 2.24) is 4.98 Å². The number of esters is 1. The Kier molecular flexibility index (Phi) is 6.20. The number of alkyl halides is 4. The molecule has 9 nitrogen and oxygen atoms in total. The molecule has 160 valence electrons. The van der Waals surface area contributed by atoms with Gasteiger partial charge >= 0.3 is 33.0 Å². The first-order chi connectivity index (χ1) is 13.3. The van der Waals surface area contributed by atoms with Gasteiger partial charge in [0.2, 0.25) is 0 Å². The summed E-state index contributed by atoms with van der Waals surface area (Å²) in [5, 5.41) is -5.71. The van der Waals surface area contributed by atoms with E-state index in [0.29, 0.717) is 0 Å². The number of H-pyrrole nitrogens is 1. The molecule has 0 aliphatic heterocycles. The number of nitrogens with one attached hydrogen (secondary N) is 1. The van der Waals surface area contributed by atoms with Crippen LogP contribution in [0.2, 0.25) is 0 Å². The summed E-state index contributed by atoms with van der Waals surface area (Å²) in [4.78, 5) is 25.4. The minimum absolute atomic E-state index is 0.0633. The Labute approximate surface area is 159 Å². The summed E-state index contributed by atoms with van der Waals surface area (Å²) in [6.45, 7) is 1.49. The predicted octanol–water partition coefficient (Wildman–Crippen LogP) is 2.11. The van der Waals surface area contributed by atoms with Crippen molar-refractivity contribution in [2.45, 2.75) is 17.6 Å². The normalized spacial score (nSPS) is 12.9. The highest BCUT2D eigenvalue weighted by Crippen LogP contribution is 2.40. The van der Waals surface area contributed by atoms with Crippen LogP contribution < -0.4 is 10.5 Å². The van der Waals surface area contributed by atoms with Gasteiger partial charge in [-0.05, 0) is 12.1 Å². The number of aromatic nitrogens is 1. The fraction of sp³-hybridized carbons (Fsp3) is 0.333. The van der Waals surface area contributed by atoms with Crippen LogP contribution in [0.4, 0.5) is 17.6 Å². The fourth-order valence-corrected chi connectivity index (χ4v) is 2.47. The molecule has 0 saturated carbocycles. The fourth-order valence-electron chi connectivity index (χ4n) is 1.99. The molecule has 1 heterocycles. The van der Waals surface area contributed by atoms with Gasteiger partial charge in [-0.25, -0.2) is 9.59 Å². The molecule has 2 N–H and O–H groups in total. The van der Waals surface area contributed by atoms with Crippen molar-refractivity contribution in [3.63, 3.8) is 0 Å². The number of benzene rings is 1. The van der Waals surface area contributed by atoms with Crippen LogP contribution >= 0.6 is 0 Å². The summed E-state index contributed by atoms with van der Waals surface area (Å²) < 4.78 is 96.0. The number of carbonyl (C=O) groups excluding carboxylic acids is 1. The average molecular weight is 443 g/mol. The van der Waals surface area contributed by atoms with Crippen molar-refractivity contribution in [1.29, 1.82) is 0 Å². The number of rotatable bonds is 9. The van der Waals surface area contributed by atoms with Crippen molar-refractivity contribution in [2.24, 2.45) is 0 Å². The molecular formula is C15H13F4NO8S. The summed E-state index contributed by atoms with van der Waals surface area (Å²) in [7, 11) is -6.34. The van der Waals surface area contributed by atoms with Gasteiger partial charge in [0.1, 0.15) is 0 Å². The second-order valence-electron chi connectivity index (χ2n) is 5.64. The van der Waals surface area contributed by atoms with Gasteiger partial charge in [0, 0.05) is 6.42 Å². The summed E-state index contributed by atoms with van der Waals surface area (Å²) in [5.74, 6) is -7.15. The van der Waals surface area contributed by atoms with E-state index in [1.165, 1.54) is 18.2 Å². The van der Waals surface area contributed by atoms with Gasteiger partial charge in [-0.1, -0.05) is 12.6 Å². The summed E-state index contributed by atoms with van der Waals surface area (Å²) in [6, 6.07) is 4.20. The van der Waals surface area contributed by atoms with Crippen LogP contribution in [0.15, 0.2) is 39.6 Å². The van der Waals surface area contributed by atoms with Crippen LogP contribution in [-0.4, -0.2) is 48.3 Å². The molecule has 2 rings (SSSR count). The minimum atomic E-state index is -6.34. The molecule has 0 aliphatic rings. The molecule has 0 fully saturated rings. The Morgan fingerprint density at radius 2 is 1.93 bits per heavy atom. The summed E-state index contributed by atoms with van der Waals surface area (Å²) >= 11 is 0. The zero-order valence-electron chi connectivity index (χ0n) is 14.3. The van der Waals surface area contributed by atoms with Gasteiger partial charge in [0.05, 0.1) is 24.3 Å². The van der Waals surface area contributed by atoms with Gasteiger partial charge in [0.15, 0.2) is 11.3 Å². The van der Waals surface area contributed by atoms with Crippen molar-refractivity contribution in [3.05, 3.63) is 40.9 Å². The lowest BCUT2D eigenvalue weighted by Crippen LogP contribution is -2.47. The Morgan fingerprint density at radius 3 is 2.55 bits per heavy atom. The number of aromatic amines is 1. The molecular weight excluding hydrogens is 430 g/mol. The maximum Gasteiger partial charge on any atom is 0.431 e. The van der Waals surface area contributed by atoms with Crippen LogP contribution in [0.1, 0.15) is 6.42 Å². The first-order valence-corrected chi connectivity index (χ1v) is 9.02. The van der Waals surface area contributed by atoms with Gasteiger partial charge in [-0.2, -0.15) is 26.0 Å². The monoisotopic (exact) mass is 443 g/mol. The highest BCUT2D eigenvalue weighted by Gasteiger charge is 2.65. The molecule has 1 aromatic carbocycles. The molecule has 2 aromatic rings. The Bertz CT molecular complexity index is 1090. The molecule has 0 spiro atoms. The number of halogens is 4. The van der Waals surface area contributed by atoms with Gasteiger partial charge in [-0.15, -0.1) is 0 Å². The largest absolute Gasteiger partial charge is 0.431 e. The molecule has 0 bridgehead atoms. The van der Waals surface area contributed by atoms with E-state index in [9.17, 15) is 35.6 Å². The number of hydrogen-bond donors (Lipinski definition) is 2. The Balaban J connectivity index is 1.91. The molecule has 0 unspecified atom stereocenters. The van der Waals surface area contributed by atoms with E-state index in [0.717, 1.165) is 0 Å². The topological polar surface area (TPSA) is 136 Å². The third-order valence-corrected chi connectivity index (χ3v) is 4.43. The van der Waals surface area contributed by atoms with E-state index in [1.807, 2.05) is 0 Å². The Morgan fingerprint density at radius 1 is 1.28 bits per heavy atom.